The van der Waals surface area contributed by atoms with Gasteiger partial charge in [-0.1, -0.05) is 55.6 Å². The highest BCUT2D eigenvalue weighted by Gasteiger charge is 2.67. The smallest absolute Gasteiger partial charge is 0.274 e. The van der Waals surface area contributed by atoms with Gasteiger partial charge in [-0.2, -0.15) is 5.01 Å². The van der Waals surface area contributed by atoms with Crippen LogP contribution in [0.4, 0.5) is 0 Å². The standard InChI is InChI=1S/C25H21Br2ClN2O5/c1-35-13-8-6-12(7-9-13)18(31)11-29(23(32)14-4-2-3-5-17(14)28)30-24(33)19-15-10-16(20(19)25(30)34)22(27)21(15)26/h2-9,15-16,19-22H,10-11H2,1H3/t15-,16-,19-,20-,21-,22+/m1/s1. The minimum atomic E-state index is -0.683. The molecule has 3 amide bonds. The number of hydrogen-bond acceptors (Lipinski definition) is 5. The molecule has 2 aromatic carbocycles. The fourth-order valence-electron chi connectivity index (χ4n) is 5.58. The van der Waals surface area contributed by atoms with Gasteiger partial charge in [0.25, 0.3) is 17.7 Å². The first-order valence-electron chi connectivity index (χ1n) is 11.1. The molecule has 3 aliphatic rings. The van der Waals surface area contributed by atoms with Crippen molar-refractivity contribution < 1.29 is 23.9 Å². The van der Waals surface area contributed by atoms with Gasteiger partial charge in [-0.15, -0.1) is 0 Å². The van der Waals surface area contributed by atoms with Crippen LogP contribution in [0, 0.1) is 23.7 Å². The lowest BCUT2D eigenvalue weighted by atomic mass is 9.81. The third kappa shape index (κ3) is 3.92. The second kappa shape index (κ2) is 9.33. The number of nitrogens with zero attached hydrogens (tertiary/aromatic N) is 2. The minimum Gasteiger partial charge on any atom is -0.497 e. The topological polar surface area (TPSA) is 84.0 Å². The van der Waals surface area contributed by atoms with Crippen LogP contribution in [-0.4, -0.2) is 56.8 Å². The summed E-state index contributed by atoms with van der Waals surface area (Å²) in [5, 5.41) is 2.02. The molecule has 1 aliphatic heterocycles. The number of halogens is 3. The molecule has 0 radical (unpaired) electrons. The Hall–Kier alpha value is -2.23. The average Bonchev–Trinajstić information content (AvgIpc) is 3.47. The van der Waals surface area contributed by atoms with Gasteiger partial charge >= 0.3 is 0 Å². The number of carbonyl (C=O) groups is 4. The number of fused-ring (bicyclic) bond motifs is 5. The Morgan fingerprint density at radius 3 is 2.11 bits per heavy atom. The van der Waals surface area contributed by atoms with Crippen LogP contribution in [0.5, 0.6) is 5.75 Å². The Bertz CT molecular complexity index is 1190. The second-order valence-corrected chi connectivity index (χ2v) is 11.5. The van der Waals surface area contributed by atoms with E-state index in [0.717, 1.165) is 16.4 Å². The second-order valence-electron chi connectivity index (χ2n) is 8.99. The van der Waals surface area contributed by atoms with E-state index in [-0.39, 0.29) is 32.1 Å². The van der Waals surface area contributed by atoms with Crippen molar-refractivity contribution in [2.75, 3.05) is 13.7 Å². The highest BCUT2D eigenvalue weighted by atomic mass is 79.9. The number of imide groups is 1. The molecule has 0 N–H and O–H groups in total. The quantitative estimate of drug-likeness (QED) is 0.271. The van der Waals surface area contributed by atoms with Crippen LogP contribution in [0.25, 0.3) is 0 Å². The summed E-state index contributed by atoms with van der Waals surface area (Å²) < 4.78 is 5.14. The molecule has 1 saturated heterocycles. The van der Waals surface area contributed by atoms with E-state index in [1.54, 1.807) is 42.5 Å². The zero-order valence-corrected chi connectivity index (χ0v) is 22.5. The summed E-state index contributed by atoms with van der Waals surface area (Å²) in [5.74, 6) is -2.52. The maximum absolute atomic E-state index is 13.6. The number of carbonyl (C=O) groups excluding carboxylic acids is 4. The van der Waals surface area contributed by atoms with Gasteiger partial charge in [0, 0.05) is 15.2 Å². The molecule has 3 fully saturated rings. The molecule has 6 atom stereocenters. The van der Waals surface area contributed by atoms with Crippen molar-refractivity contribution in [3.63, 3.8) is 0 Å². The molecule has 5 rings (SSSR count). The molecule has 7 nitrogen and oxygen atoms in total. The van der Waals surface area contributed by atoms with Crippen LogP contribution in [0.3, 0.4) is 0 Å². The summed E-state index contributed by atoms with van der Waals surface area (Å²) in [4.78, 5) is 54.2. The Kier molecular flexibility index (Phi) is 6.52. The van der Waals surface area contributed by atoms with E-state index < -0.39 is 41.9 Å². The normalized spacial score (nSPS) is 28.9. The molecule has 2 aliphatic carbocycles. The number of hydrogen-bond donors (Lipinski definition) is 0. The highest BCUT2D eigenvalue weighted by molar-refractivity contribution is 9.12. The van der Waals surface area contributed by atoms with Crippen molar-refractivity contribution in [1.29, 1.82) is 0 Å². The fraction of sp³-hybridized carbons (Fsp3) is 0.360. The van der Waals surface area contributed by atoms with Crippen molar-refractivity contribution in [2.45, 2.75) is 16.1 Å². The SMILES string of the molecule is COc1ccc(C(=O)CN(C(=O)c2ccccc2Cl)N2C(=O)[C@@H]3[C@H]4C[C@@H]([C@@H](Br)[C@H]4Br)[C@H]3C2=O)cc1. The van der Waals surface area contributed by atoms with Crippen molar-refractivity contribution in [2.24, 2.45) is 23.7 Å². The van der Waals surface area contributed by atoms with Gasteiger partial charge in [-0.3, -0.25) is 19.2 Å². The average molecular weight is 625 g/mol. The van der Waals surface area contributed by atoms with Crippen molar-refractivity contribution in [3.05, 3.63) is 64.7 Å². The van der Waals surface area contributed by atoms with E-state index in [0.29, 0.717) is 11.3 Å². The van der Waals surface area contributed by atoms with Gasteiger partial charge in [-0.05, 0) is 54.7 Å². The molecule has 2 aromatic rings. The fourth-order valence-corrected chi connectivity index (χ4v) is 7.67. The Balaban J connectivity index is 1.51. The van der Waals surface area contributed by atoms with E-state index in [4.69, 9.17) is 16.3 Å². The number of rotatable bonds is 6. The number of methoxy groups -OCH3 is 1. The molecule has 35 heavy (non-hydrogen) atoms. The van der Waals surface area contributed by atoms with Crippen LogP contribution in [0.2, 0.25) is 5.02 Å². The summed E-state index contributed by atoms with van der Waals surface area (Å²) in [6.45, 7) is -0.488. The third-order valence-electron chi connectivity index (χ3n) is 7.25. The number of ketones is 1. The van der Waals surface area contributed by atoms with E-state index in [9.17, 15) is 19.2 Å². The molecular weight excluding hydrogens is 604 g/mol. The van der Waals surface area contributed by atoms with Crippen LogP contribution in [-0.2, 0) is 9.59 Å². The number of hydrazine groups is 1. The number of ether oxygens (including phenoxy) is 1. The van der Waals surface area contributed by atoms with Crippen molar-refractivity contribution >= 4 is 67.0 Å². The summed E-state index contributed by atoms with van der Waals surface area (Å²) in [7, 11) is 1.52. The maximum Gasteiger partial charge on any atom is 0.274 e. The number of amides is 3. The predicted octanol–water partition coefficient (Wildman–Crippen LogP) is 4.37. The number of alkyl halides is 2. The van der Waals surface area contributed by atoms with E-state index in [1.807, 2.05) is 0 Å². The zero-order valence-electron chi connectivity index (χ0n) is 18.6. The van der Waals surface area contributed by atoms with Crippen molar-refractivity contribution in [3.8, 4) is 5.75 Å². The van der Waals surface area contributed by atoms with E-state index in [1.165, 1.54) is 13.2 Å². The predicted molar refractivity (Wildman–Crippen MR) is 136 cm³/mol. The molecule has 10 heteroatoms. The van der Waals surface area contributed by atoms with E-state index >= 15 is 0 Å². The molecule has 182 valence electrons. The van der Waals surface area contributed by atoms with Gasteiger partial charge in [0.15, 0.2) is 5.78 Å². The van der Waals surface area contributed by atoms with Gasteiger partial charge in [0.2, 0.25) is 0 Å². The molecule has 1 heterocycles. The summed E-state index contributed by atoms with van der Waals surface area (Å²) in [6, 6.07) is 12.8. The summed E-state index contributed by atoms with van der Waals surface area (Å²) in [5.41, 5.74) is 0.428. The van der Waals surface area contributed by atoms with Crippen LogP contribution < -0.4 is 4.74 Å². The molecular formula is C25H21Br2ClN2O5. The number of Topliss-reactive ketones (excluding diaryl/α,β-unsaturated/α-hetero) is 1. The first kappa shape index (κ1) is 24.5. The molecule has 0 unspecified atom stereocenters. The lowest BCUT2D eigenvalue weighted by Crippen LogP contribution is -2.52. The largest absolute Gasteiger partial charge is 0.497 e. The van der Waals surface area contributed by atoms with Gasteiger partial charge in [-0.25, -0.2) is 5.01 Å². The summed E-state index contributed by atoms with van der Waals surface area (Å²) >= 11 is 13.6. The van der Waals surface area contributed by atoms with Gasteiger partial charge in [0.05, 0.1) is 29.5 Å². The van der Waals surface area contributed by atoms with Crippen LogP contribution in [0.15, 0.2) is 48.5 Å². The lowest BCUT2D eigenvalue weighted by molar-refractivity contribution is -0.154. The van der Waals surface area contributed by atoms with Crippen LogP contribution in [0.1, 0.15) is 27.1 Å². The zero-order chi connectivity index (χ0) is 25.0. The molecule has 0 aromatic heterocycles. The van der Waals surface area contributed by atoms with Crippen LogP contribution >= 0.6 is 43.5 Å². The van der Waals surface area contributed by atoms with Crippen molar-refractivity contribution in [1.82, 2.24) is 10.0 Å². The van der Waals surface area contributed by atoms with Gasteiger partial charge in [0.1, 0.15) is 12.3 Å². The summed E-state index contributed by atoms with van der Waals surface area (Å²) in [6.07, 6.45) is 0.760. The molecule has 2 saturated carbocycles. The first-order valence-corrected chi connectivity index (χ1v) is 13.3. The monoisotopic (exact) mass is 622 g/mol. The number of benzene rings is 2. The minimum absolute atomic E-state index is 0.0228. The molecule has 2 bridgehead atoms. The Morgan fingerprint density at radius 1 is 1.00 bits per heavy atom. The van der Waals surface area contributed by atoms with E-state index in [2.05, 4.69) is 31.9 Å². The maximum atomic E-state index is 13.6. The Morgan fingerprint density at radius 2 is 1.57 bits per heavy atom. The third-order valence-corrected chi connectivity index (χ3v) is 10.8. The lowest BCUT2D eigenvalue weighted by Gasteiger charge is -2.31. The molecule has 0 spiro atoms. The van der Waals surface area contributed by atoms with Gasteiger partial charge < -0.3 is 4.74 Å². The highest BCUT2D eigenvalue weighted by Crippen LogP contribution is 2.60. The first-order chi connectivity index (χ1) is 16.7. The Labute approximate surface area is 224 Å².